The van der Waals surface area contributed by atoms with E-state index in [0.29, 0.717) is 0 Å². The minimum atomic E-state index is 0.0315. The molecule has 0 radical (unpaired) electrons. The predicted octanol–water partition coefficient (Wildman–Crippen LogP) is 4.60. The van der Waals surface area contributed by atoms with Crippen molar-refractivity contribution in [3.63, 3.8) is 0 Å². The quantitative estimate of drug-likeness (QED) is 0.713. The van der Waals surface area contributed by atoms with Gasteiger partial charge < -0.3 is 5.32 Å². The molecule has 2 heterocycles. The summed E-state index contributed by atoms with van der Waals surface area (Å²) in [7, 11) is 0. The van der Waals surface area contributed by atoms with E-state index in [1.807, 2.05) is 60.0 Å². The first-order valence-corrected chi connectivity index (χ1v) is 8.73. The number of carbonyl (C=O) groups is 1. The number of pyridine rings is 1. The molecule has 4 heteroatoms. The summed E-state index contributed by atoms with van der Waals surface area (Å²) in [4.78, 5) is 17.6. The van der Waals surface area contributed by atoms with Crippen LogP contribution in [0.4, 0.5) is 5.82 Å². The van der Waals surface area contributed by atoms with Crippen LogP contribution in [-0.4, -0.2) is 15.3 Å². The van der Waals surface area contributed by atoms with Gasteiger partial charge in [0.05, 0.1) is 0 Å². The van der Waals surface area contributed by atoms with Crippen molar-refractivity contribution in [3.05, 3.63) is 66.4 Å². The van der Waals surface area contributed by atoms with Crippen LogP contribution in [0.15, 0.2) is 60.8 Å². The second-order valence-electron chi connectivity index (χ2n) is 6.53. The van der Waals surface area contributed by atoms with Crippen LogP contribution in [0.1, 0.15) is 24.8 Å². The maximum atomic E-state index is 12.8. The molecule has 0 fully saturated rings. The standard InChI is InChI=1S/C21H21N3O/c1-15-9-8-14-24-19(15)22-18(16-10-4-2-5-11-16)20(24)23-21(25)17-12-6-3-7-13-17/h2-6,8-11,14,17H,7,12-13H2,1H3,(H,23,25)/t17-/m0/s1. The number of imidazole rings is 1. The van der Waals surface area contributed by atoms with Crippen LogP contribution in [0, 0.1) is 12.8 Å². The van der Waals surface area contributed by atoms with E-state index in [1.54, 1.807) is 0 Å². The average molecular weight is 331 g/mol. The summed E-state index contributed by atoms with van der Waals surface area (Å²) in [6.45, 7) is 2.04. The Morgan fingerprint density at radius 1 is 1.16 bits per heavy atom. The summed E-state index contributed by atoms with van der Waals surface area (Å²) in [5.41, 5.74) is 3.78. The lowest BCUT2D eigenvalue weighted by Crippen LogP contribution is -2.24. The zero-order valence-electron chi connectivity index (χ0n) is 14.3. The van der Waals surface area contributed by atoms with E-state index in [2.05, 4.69) is 17.5 Å². The van der Waals surface area contributed by atoms with Crippen molar-refractivity contribution in [2.45, 2.75) is 26.2 Å². The summed E-state index contributed by atoms with van der Waals surface area (Å²) in [6, 6.07) is 14.0. The van der Waals surface area contributed by atoms with Crippen LogP contribution >= 0.6 is 0 Å². The van der Waals surface area contributed by atoms with Crippen molar-refractivity contribution in [2.75, 3.05) is 5.32 Å². The van der Waals surface area contributed by atoms with E-state index in [9.17, 15) is 4.79 Å². The van der Waals surface area contributed by atoms with Crippen LogP contribution in [0.3, 0.4) is 0 Å². The van der Waals surface area contributed by atoms with Crippen LogP contribution in [0.25, 0.3) is 16.9 Å². The third kappa shape index (κ3) is 2.95. The van der Waals surface area contributed by atoms with E-state index < -0.39 is 0 Å². The van der Waals surface area contributed by atoms with Crippen molar-refractivity contribution in [1.82, 2.24) is 9.38 Å². The van der Waals surface area contributed by atoms with E-state index in [0.717, 1.165) is 47.5 Å². The predicted molar refractivity (Wildman–Crippen MR) is 100 cm³/mol. The molecule has 0 spiro atoms. The molecule has 4 nitrogen and oxygen atoms in total. The van der Waals surface area contributed by atoms with Gasteiger partial charge in [-0.15, -0.1) is 0 Å². The van der Waals surface area contributed by atoms with Gasteiger partial charge in [0.1, 0.15) is 17.2 Å². The Morgan fingerprint density at radius 3 is 2.76 bits per heavy atom. The van der Waals surface area contributed by atoms with Gasteiger partial charge >= 0.3 is 0 Å². The number of fused-ring (bicyclic) bond motifs is 1. The first-order chi connectivity index (χ1) is 12.2. The SMILES string of the molecule is Cc1cccn2c(NC(=O)[C@H]3CC=CCC3)c(-c3ccccc3)nc12. The molecule has 1 aromatic carbocycles. The number of aromatic nitrogens is 2. The van der Waals surface area contributed by atoms with E-state index in [1.165, 1.54) is 0 Å². The highest BCUT2D eigenvalue weighted by Gasteiger charge is 2.23. The van der Waals surface area contributed by atoms with Crippen molar-refractivity contribution in [3.8, 4) is 11.3 Å². The van der Waals surface area contributed by atoms with Gasteiger partial charge in [-0.25, -0.2) is 4.98 Å². The number of hydrogen-bond acceptors (Lipinski definition) is 2. The molecule has 1 atom stereocenters. The molecule has 0 aliphatic heterocycles. The Hall–Kier alpha value is -2.88. The van der Waals surface area contributed by atoms with Crippen LogP contribution in [0.5, 0.6) is 0 Å². The smallest absolute Gasteiger partial charge is 0.228 e. The largest absolute Gasteiger partial charge is 0.310 e. The monoisotopic (exact) mass is 331 g/mol. The lowest BCUT2D eigenvalue weighted by atomic mass is 9.93. The fourth-order valence-corrected chi connectivity index (χ4v) is 3.37. The molecule has 0 unspecified atom stereocenters. The molecule has 0 saturated carbocycles. The summed E-state index contributed by atoms with van der Waals surface area (Å²) in [5.74, 6) is 0.860. The minimum Gasteiger partial charge on any atom is -0.310 e. The molecular weight excluding hydrogens is 310 g/mol. The molecule has 1 amide bonds. The second-order valence-corrected chi connectivity index (χ2v) is 6.53. The normalized spacial score (nSPS) is 16.9. The topological polar surface area (TPSA) is 46.4 Å². The highest BCUT2D eigenvalue weighted by Crippen LogP contribution is 2.31. The lowest BCUT2D eigenvalue weighted by molar-refractivity contribution is -0.120. The number of allylic oxidation sites excluding steroid dienone is 2. The lowest BCUT2D eigenvalue weighted by Gasteiger charge is -2.17. The number of aryl methyl sites for hydroxylation is 1. The maximum Gasteiger partial charge on any atom is 0.228 e. The molecule has 25 heavy (non-hydrogen) atoms. The van der Waals surface area contributed by atoms with Crippen molar-refractivity contribution in [2.24, 2.45) is 5.92 Å². The Balaban J connectivity index is 1.79. The summed E-state index contributed by atoms with van der Waals surface area (Å²) >= 11 is 0. The number of anilines is 1. The average Bonchev–Trinajstić information content (AvgIpc) is 3.03. The van der Waals surface area contributed by atoms with Crippen LogP contribution < -0.4 is 5.32 Å². The van der Waals surface area contributed by atoms with E-state index >= 15 is 0 Å². The van der Waals surface area contributed by atoms with Gasteiger partial charge in [0.15, 0.2) is 0 Å². The molecule has 0 saturated heterocycles. The number of amides is 1. The number of carbonyl (C=O) groups excluding carboxylic acids is 1. The molecule has 1 aliphatic carbocycles. The van der Waals surface area contributed by atoms with Crippen LogP contribution in [0.2, 0.25) is 0 Å². The summed E-state index contributed by atoms with van der Waals surface area (Å²) in [5, 5.41) is 3.16. The first kappa shape index (κ1) is 15.6. The molecule has 1 N–H and O–H groups in total. The minimum absolute atomic E-state index is 0.0315. The number of nitrogens with zero attached hydrogens (tertiary/aromatic N) is 2. The first-order valence-electron chi connectivity index (χ1n) is 8.73. The highest BCUT2D eigenvalue weighted by atomic mass is 16.2. The van der Waals surface area contributed by atoms with E-state index in [-0.39, 0.29) is 11.8 Å². The molecule has 3 aromatic rings. The van der Waals surface area contributed by atoms with Gasteiger partial charge in [0.2, 0.25) is 5.91 Å². The molecular formula is C21H21N3O. The van der Waals surface area contributed by atoms with Gasteiger partial charge in [-0.1, -0.05) is 48.6 Å². The Morgan fingerprint density at radius 2 is 2.00 bits per heavy atom. The van der Waals surface area contributed by atoms with Crippen molar-refractivity contribution < 1.29 is 4.79 Å². The Kier molecular flexibility index (Phi) is 4.10. The molecule has 1 aliphatic rings. The van der Waals surface area contributed by atoms with Gasteiger partial charge in [-0.05, 0) is 37.8 Å². The van der Waals surface area contributed by atoms with Crippen molar-refractivity contribution in [1.29, 1.82) is 0 Å². The van der Waals surface area contributed by atoms with Gasteiger partial charge in [0, 0.05) is 17.7 Å². The van der Waals surface area contributed by atoms with Crippen LogP contribution in [-0.2, 0) is 4.79 Å². The number of hydrogen-bond donors (Lipinski definition) is 1. The number of benzene rings is 1. The maximum absolute atomic E-state index is 12.8. The van der Waals surface area contributed by atoms with Gasteiger partial charge in [0.25, 0.3) is 0 Å². The zero-order chi connectivity index (χ0) is 17.2. The third-order valence-electron chi connectivity index (χ3n) is 4.77. The molecule has 126 valence electrons. The Bertz CT molecular complexity index is 940. The van der Waals surface area contributed by atoms with Gasteiger partial charge in [-0.3, -0.25) is 9.20 Å². The summed E-state index contributed by atoms with van der Waals surface area (Å²) < 4.78 is 1.98. The zero-order valence-corrected chi connectivity index (χ0v) is 14.3. The highest BCUT2D eigenvalue weighted by molar-refractivity contribution is 5.96. The van der Waals surface area contributed by atoms with E-state index in [4.69, 9.17) is 4.98 Å². The fourth-order valence-electron chi connectivity index (χ4n) is 3.37. The third-order valence-corrected chi connectivity index (χ3v) is 4.77. The molecule has 0 bridgehead atoms. The van der Waals surface area contributed by atoms with Crippen molar-refractivity contribution >= 4 is 17.4 Å². The number of nitrogens with one attached hydrogen (secondary N) is 1. The summed E-state index contributed by atoms with van der Waals surface area (Å²) in [6.07, 6.45) is 8.89. The fraction of sp³-hybridized carbons (Fsp3) is 0.238. The second kappa shape index (κ2) is 6.55. The Labute approximate surface area is 147 Å². The molecule has 4 rings (SSSR count). The number of rotatable bonds is 3. The molecule has 2 aromatic heterocycles. The van der Waals surface area contributed by atoms with Gasteiger partial charge in [-0.2, -0.15) is 0 Å².